The fourth-order valence-corrected chi connectivity index (χ4v) is 2.90. The third-order valence-electron chi connectivity index (χ3n) is 4.41. The summed E-state index contributed by atoms with van der Waals surface area (Å²) in [5.74, 6) is 0.354. The van der Waals surface area contributed by atoms with Crippen molar-refractivity contribution in [2.24, 2.45) is 5.10 Å². The number of hydrazone groups is 1. The SMILES string of the molecule is CCOc1cc(/C=N/NC(=O)COc2ccccc2C)ccc1OC(=O)c1ccc(Cl)cc1. The topological polar surface area (TPSA) is 86.2 Å². The highest BCUT2D eigenvalue weighted by molar-refractivity contribution is 6.30. The van der Waals surface area contributed by atoms with Crippen LogP contribution in [0.25, 0.3) is 0 Å². The van der Waals surface area contributed by atoms with E-state index in [9.17, 15) is 9.59 Å². The average Bonchev–Trinajstić information content (AvgIpc) is 2.80. The second-order valence-electron chi connectivity index (χ2n) is 6.88. The molecule has 0 aliphatic heterocycles. The number of ether oxygens (including phenoxy) is 3. The summed E-state index contributed by atoms with van der Waals surface area (Å²) in [6.07, 6.45) is 1.46. The van der Waals surface area contributed by atoms with E-state index in [4.69, 9.17) is 25.8 Å². The van der Waals surface area contributed by atoms with Crippen molar-refractivity contribution in [2.75, 3.05) is 13.2 Å². The number of nitrogens with one attached hydrogen (secondary N) is 1. The molecule has 8 heteroatoms. The minimum Gasteiger partial charge on any atom is -0.490 e. The Morgan fingerprint density at radius 1 is 0.970 bits per heavy atom. The lowest BCUT2D eigenvalue weighted by atomic mass is 10.2. The van der Waals surface area contributed by atoms with E-state index in [-0.39, 0.29) is 12.4 Å². The Morgan fingerprint density at radius 3 is 2.45 bits per heavy atom. The van der Waals surface area contributed by atoms with Crippen molar-refractivity contribution in [1.29, 1.82) is 0 Å². The molecule has 3 aromatic rings. The first-order valence-electron chi connectivity index (χ1n) is 10.2. The summed E-state index contributed by atoms with van der Waals surface area (Å²) in [6.45, 7) is 3.93. The van der Waals surface area contributed by atoms with Crippen LogP contribution in [0.2, 0.25) is 5.02 Å². The zero-order chi connectivity index (χ0) is 23.6. The molecule has 0 heterocycles. The first kappa shape index (κ1) is 23.8. The van der Waals surface area contributed by atoms with Crippen LogP contribution in [-0.4, -0.2) is 31.3 Å². The molecule has 0 atom stereocenters. The van der Waals surface area contributed by atoms with Crippen molar-refractivity contribution in [3.63, 3.8) is 0 Å². The van der Waals surface area contributed by atoms with E-state index in [0.29, 0.717) is 34.3 Å². The Balaban J connectivity index is 1.60. The van der Waals surface area contributed by atoms with Gasteiger partial charge in [0.15, 0.2) is 18.1 Å². The number of hydrogen-bond acceptors (Lipinski definition) is 6. The van der Waals surface area contributed by atoms with Crippen LogP contribution in [0.1, 0.15) is 28.4 Å². The molecule has 0 bridgehead atoms. The van der Waals surface area contributed by atoms with Gasteiger partial charge in [-0.25, -0.2) is 10.2 Å². The molecule has 1 amide bonds. The molecule has 3 aromatic carbocycles. The van der Waals surface area contributed by atoms with Crippen molar-refractivity contribution in [2.45, 2.75) is 13.8 Å². The quantitative estimate of drug-likeness (QED) is 0.212. The summed E-state index contributed by atoms with van der Waals surface area (Å²) in [5, 5.41) is 4.47. The smallest absolute Gasteiger partial charge is 0.343 e. The van der Waals surface area contributed by atoms with Gasteiger partial charge < -0.3 is 14.2 Å². The molecule has 1 N–H and O–H groups in total. The molecular weight excluding hydrogens is 444 g/mol. The van der Waals surface area contributed by atoms with E-state index in [1.807, 2.05) is 32.0 Å². The number of carbonyl (C=O) groups is 2. The van der Waals surface area contributed by atoms with Crippen LogP contribution in [0.3, 0.4) is 0 Å². The Kier molecular flexibility index (Phi) is 8.43. The van der Waals surface area contributed by atoms with Gasteiger partial charge in [0.25, 0.3) is 5.91 Å². The van der Waals surface area contributed by atoms with Crippen molar-refractivity contribution in [1.82, 2.24) is 5.43 Å². The number of halogens is 1. The highest BCUT2D eigenvalue weighted by Gasteiger charge is 2.13. The minimum atomic E-state index is -0.532. The zero-order valence-electron chi connectivity index (χ0n) is 18.2. The first-order valence-corrected chi connectivity index (χ1v) is 10.6. The van der Waals surface area contributed by atoms with Gasteiger partial charge in [0, 0.05) is 5.02 Å². The van der Waals surface area contributed by atoms with Gasteiger partial charge in [-0.1, -0.05) is 29.8 Å². The lowest BCUT2D eigenvalue weighted by Crippen LogP contribution is -2.24. The first-order chi connectivity index (χ1) is 16.0. The summed E-state index contributed by atoms with van der Waals surface area (Å²) in [5.41, 5.74) is 4.36. The van der Waals surface area contributed by atoms with E-state index in [2.05, 4.69) is 10.5 Å². The number of carbonyl (C=O) groups excluding carboxylic acids is 2. The zero-order valence-corrected chi connectivity index (χ0v) is 19.0. The molecule has 0 fully saturated rings. The summed E-state index contributed by atoms with van der Waals surface area (Å²) < 4.78 is 16.5. The van der Waals surface area contributed by atoms with Gasteiger partial charge in [-0.2, -0.15) is 5.10 Å². The van der Waals surface area contributed by atoms with Crippen LogP contribution >= 0.6 is 11.6 Å². The number of benzene rings is 3. The third kappa shape index (κ3) is 7.08. The minimum absolute atomic E-state index is 0.161. The molecule has 0 aliphatic rings. The molecule has 170 valence electrons. The number of aryl methyl sites for hydroxylation is 1. The molecule has 0 saturated carbocycles. The van der Waals surface area contributed by atoms with E-state index in [1.165, 1.54) is 6.21 Å². The molecule has 33 heavy (non-hydrogen) atoms. The number of amides is 1. The van der Waals surface area contributed by atoms with E-state index in [0.717, 1.165) is 5.56 Å². The van der Waals surface area contributed by atoms with Gasteiger partial charge in [-0.15, -0.1) is 0 Å². The van der Waals surface area contributed by atoms with E-state index >= 15 is 0 Å². The molecule has 3 rings (SSSR count). The van der Waals surface area contributed by atoms with Crippen molar-refractivity contribution < 1.29 is 23.8 Å². The summed E-state index contributed by atoms with van der Waals surface area (Å²) in [7, 11) is 0. The van der Waals surface area contributed by atoms with Crippen LogP contribution < -0.4 is 19.6 Å². The predicted octanol–water partition coefficient (Wildman–Crippen LogP) is 4.80. The normalized spacial score (nSPS) is 10.6. The molecular formula is C25H23ClN2O5. The lowest BCUT2D eigenvalue weighted by Gasteiger charge is -2.11. The molecule has 0 saturated heterocycles. The molecule has 0 spiro atoms. The Morgan fingerprint density at radius 2 is 1.73 bits per heavy atom. The predicted molar refractivity (Wildman–Crippen MR) is 126 cm³/mol. The van der Waals surface area contributed by atoms with Gasteiger partial charge >= 0.3 is 5.97 Å². The van der Waals surface area contributed by atoms with Gasteiger partial charge in [0.1, 0.15) is 5.75 Å². The number of para-hydroxylation sites is 1. The highest BCUT2D eigenvalue weighted by atomic mass is 35.5. The van der Waals surface area contributed by atoms with E-state index < -0.39 is 11.9 Å². The maximum Gasteiger partial charge on any atom is 0.343 e. The fourth-order valence-electron chi connectivity index (χ4n) is 2.78. The summed E-state index contributed by atoms with van der Waals surface area (Å²) in [6, 6.07) is 18.8. The largest absolute Gasteiger partial charge is 0.490 e. The maximum absolute atomic E-state index is 12.4. The number of hydrogen-bond donors (Lipinski definition) is 1. The van der Waals surface area contributed by atoms with Crippen LogP contribution in [0, 0.1) is 6.92 Å². The Labute approximate surface area is 196 Å². The molecule has 0 aliphatic carbocycles. The number of esters is 1. The fraction of sp³-hybridized carbons (Fsp3) is 0.160. The Bertz CT molecular complexity index is 1150. The average molecular weight is 467 g/mol. The third-order valence-corrected chi connectivity index (χ3v) is 4.66. The molecule has 0 aromatic heterocycles. The Hall–Kier alpha value is -3.84. The monoisotopic (exact) mass is 466 g/mol. The number of nitrogens with zero attached hydrogens (tertiary/aromatic N) is 1. The molecule has 0 unspecified atom stereocenters. The molecule has 0 radical (unpaired) electrons. The van der Waals surface area contributed by atoms with Crippen LogP contribution in [0.5, 0.6) is 17.2 Å². The summed E-state index contributed by atoms with van der Waals surface area (Å²) in [4.78, 5) is 24.4. The highest BCUT2D eigenvalue weighted by Crippen LogP contribution is 2.29. The lowest BCUT2D eigenvalue weighted by molar-refractivity contribution is -0.123. The maximum atomic E-state index is 12.4. The van der Waals surface area contributed by atoms with Gasteiger partial charge in [-0.3, -0.25) is 4.79 Å². The van der Waals surface area contributed by atoms with Crippen molar-refractivity contribution in [3.05, 3.63) is 88.4 Å². The van der Waals surface area contributed by atoms with Gasteiger partial charge in [-0.05, 0) is 73.5 Å². The summed E-state index contributed by atoms with van der Waals surface area (Å²) >= 11 is 5.86. The van der Waals surface area contributed by atoms with Gasteiger partial charge in [0.05, 0.1) is 18.4 Å². The number of rotatable bonds is 9. The second kappa shape index (κ2) is 11.7. The second-order valence-corrected chi connectivity index (χ2v) is 7.32. The van der Waals surface area contributed by atoms with Crippen LogP contribution in [0.15, 0.2) is 71.8 Å². The molecule has 7 nitrogen and oxygen atoms in total. The standard InChI is InChI=1S/C25H23ClN2O5/c1-3-31-23-14-18(8-13-22(23)33-25(30)19-9-11-20(26)12-10-19)15-27-28-24(29)16-32-21-7-5-4-6-17(21)2/h4-15H,3,16H2,1-2H3,(H,28,29)/b27-15+. The van der Waals surface area contributed by atoms with Crippen molar-refractivity contribution in [3.8, 4) is 17.2 Å². The van der Waals surface area contributed by atoms with Crippen molar-refractivity contribution >= 4 is 29.7 Å². The van der Waals surface area contributed by atoms with Crippen LogP contribution in [0.4, 0.5) is 0 Å². The van der Waals surface area contributed by atoms with Gasteiger partial charge in [0.2, 0.25) is 0 Å². The van der Waals surface area contributed by atoms with E-state index in [1.54, 1.807) is 48.5 Å². The van der Waals surface area contributed by atoms with Crippen LogP contribution in [-0.2, 0) is 4.79 Å².